The van der Waals surface area contributed by atoms with E-state index in [-0.39, 0.29) is 24.8 Å². The van der Waals surface area contributed by atoms with Gasteiger partial charge in [0, 0.05) is 19.3 Å². The molecule has 3 rings (SSSR count). The summed E-state index contributed by atoms with van der Waals surface area (Å²) in [5.41, 5.74) is 0.752. The normalized spacial score (nSPS) is 35.0. The predicted molar refractivity (Wildman–Crippen MR) is 93.5 cm³/mol. The Balaban J connectivity index is 1.69. The van der Waals surface area contributed by atoms with Gasteiger partial charge in [0.15, 0.2) is 0 Å². The number of benzene rings is 1. The number of rotatable bonds is 5. The van der Waals surface area contributed by atoms with Crippen molar-refractivity contribution in [1.82, 2.24) is 0 Å². The number of carbonyl (C=O) groups excluding carboxylic acids is 1. The number of hydrogen-bond acceptors (Lipinski definition) is 4. The van der Waals surface area contributed by atoms with E-state index in [4.69, 9.17) is 11.2 Å². The molecule has 2 heterocycles. The first kappa shape index (κ1) is 17.9. The molecule has 0 aliphatic carbocycles. The van der Waals surface area contributed by atoms with Crippen molar-refractivity contribution in [3.8, 4) is 12.3 Å². The first-order chi connectivity index (χ1) is 12.0. The molecule has 2 saturated heterocycles. The molecule has 0 aromatic heterocycles. The minimum atomic E-state index is -0.669. The Morgan fingerprint density at radius 3 is 2.68 bits per heavy atom. The summed E-state index contributed by atoms with van der Waals surface area (Å²) in [5, 5.41) is 20.0. The van der Waals surface area contributed by atoms with E-state index < -0.39 is 18.0 Å². The van der Waals surface area contributed by atoms with Crippen LogP contribution in [0, 0.1) is 12.3 Å². The molecule has 0 amide bonds. The van der Waals surface area contributed by atoms with Crippen LogP contribution in [0.25, 0.3) is 0 Å². The molecule has 0 spiro atoms. The van der Waals surface area contributed by atoms with Crippen LogP contribution in [0.15, 0.2) is 30.3 Å². The molecular formula is C20H26NO4+. The highest BCUT2D eigenvalue weighted by Crippen LogP contribution is 2.42. The molecule has 1 aromatic carbocycles. The van der Waals surface area contributed by atoms with Crippen molar-refractivity contribution in [3.63, 3.8) is 0 Å². The van der Waals surface area contributed by atoms with Crippen LogP contribution in [0.1, 0.15) is 30.7 Å². The maximum atomic E-state index is 12.6. The number of quaternary nitrogens is 1. The molecule has 134 valence electrons. The van der Waals surface area contributed by atoms with E-state index in [1.165, 1.54) is 0 Å². The molecule has 6 unspecified atom stereocenters. The van der Waals surface area contributed by atoms with Crippen LogP contribution >= 0.6 is 0 Å². The summed E-state index contributed by atoms with van der Waals surface area (Å²) < 4.78 is 6.39. The molecule has 6 atom stereocenters. The summed E-state index contributed by atoms with van der Waals surface area (Å²) >= 11 is 0. The van der Waals surface area contributed by atoms with Crippen molar-refractivity contribution >= 4 is 5.97 Å². The van der Waals surface area contributed by atoms with Crippen molar-refractivity contribution in [1.29, 1.82) is 0 Å². The fourth-order valence-electron chi connectivity index (χ4n) is 4.53. The van der Waals surface area contributed by atoms with Crippen LogP contribution in [0.5, 0.6) is 0 Å². The number of carbonyl (C=O) groups is 1. The number of esters is 1. The van der Waals surface area contributed by atoms with E-state index in [0.717, 1.165) is 5.56 Å². The van der Waals surface area contributed by atoms with Gasteiger partial charge in [-0.25, -0.2) is 0 Å². The lowest BCUT2D eigenvalue weighted by Gasteiger charge is -2.45. The highest BCUT2D eigenvalue weighted by Gasteiger charge is 2.56. The predicted octanol–water partition coefficient (Wildman–Crippen LogP) is 1.05. The lowest BCUT2D eigenvalue weighted by molar-refractivity contribution is -0.944. The number of hydrogen-bond donors (Lipinski definition) is 2. The molecule has 2 aliphatic heterocycles. The Kier molecular flexibility index (Phi) is 5.14. The third-order valence-corrected chi connectivity index (χ3v) is 5.97. The molecule has 2 bridgehead atoms. The van der Waals surface area contributed by atoms with E-state index in [9.17, 15) is 15.0 Å². The largest absolute Gasteiger partial charge is 0.461 e. The van der Waals surface area contributed by atoms with Crippen LogP contribution in [0.2, 0.25) is 0 Å². The number of aliphatic hydroxyl groups excluding tert-OH is 2. The van der Waals surface area contributed by atoms with Crippen molar-refractivity contribution in [2.75, 3.05) is 20.2 Å². The summed E-state index contributed by atoms with van der Waals surface area (Å²) in [5.74, 6) is 1.65. The molecule has 5 nitrogen and oxygen atoms in total. The van der Waals surface area contributed by atoms with Gasteiger partial charge in [0.2, 0.25) is 0 Å². The van der Waals surface area contributed by atoms with Gasteiger partial charge in [-0.15, -0.1) is 6.42 Å². The minimum Gasteiger partial charge on any atom is -0.461 e. The molecule has 2 N–H and O–H groups in total. The highest BCUT2D eigenvalue weighted by molar-refractivity contribution is 5.78. The molecule has 2 aliphatic rings. The summed E-state index contributed by atoms with van der Waals surface area (Å²) in [7, 11) is 2.09. The SMILES string of the molecule is C#CC[N+]1(C)C2CC(OC(=O)C(CO)c3ccccc3)CC1C(O)C2. The molecule has 2 fully saturated rings. The van der Waals surface area contributed by atoms with Gasteiger partial charge in [0.05, 0.1) is 19.7 Å². The zero-order valence-corrected chi connectivity index (χ0v) is 14.5. The minimum absolute atomic E-state index is 0.00287. The summed E-state index contributed by atoms with van der Waals surface area (Å²) in [6.45, 7) is 0.298. The number of terminal acetylenes is 1. The molecule has 5 heteroatoms. The second kappa shape index (κ2) is 7.17. The van der Waals surface area contributed by atoms with Crippen LogP contribution < -0.4 is 0 Å². The van der Waals surface area contributed by atoms with Crippen molar-refractivity contribution in [2.45, 2.75) is 49.5 Å². The Morgan fingerprint density at radius 2 is 2.08 bits per heavy atom. The second-order valence-electron chi connectivity index (χ2n) is 7.41. The number of aliphatic hydroxyl groups is 2. The Hall–Kier alpha value is -1.87. The monoisotopic (exact) mass is 344 g/mol. The number of piperidine rings is 1. The van der Waals surface area contributed by atoms with Gasteiger partial charge in [0.25, 0.3) is 0 Å². The Labute approximate surface area is 148 Å². The summed E-state index contributed by atoms with van der Waals surface area (Å²) in [6.07, 6.45) is 6.87. The fraction of sp³-hybridized carbons (Fsp3) is 0.550. The van der Waals surface area contributed by atoms with Gasteiger partial charge in [-0.3, -0.25) is 4.79 Å². The first-order valence-electron chi connectivity index (χ1n) is 8.82. The number of fused-ring (bicyclic) bond motifs is 2. The van der Waals surface area contributed by atoms with Crippen LogP contribution in [0.4, 0.5) is 0 Å². The summed E-state index contributed by atoms with van der Waals surface area (Å²) in [6, 6.07) is 9.38. The van der Waals surface area contributed by atoms with E-state index >= 15 is 0 Å². The van der Waals surface area contributed by atoms with Gasteiger partial charge < -0.3 is 19.4 Å². The topological polar surface area (TPSA) is 66.8 Å². The second-order valence-corrected chi connectivity index (χ2v) is 7.41. The van der Waals surface area contributed by atoms with E-state index in [1.807, 2.05) is 30.3 Å². The van der Waals surface area contributed by atoms with E-state index in [1.54, 1.807) is 0 Å². The molecular weight excluding hydrogens is 318 g/mol. The van der Waals surface area contributed by atoms with Gasteiger partial charge >= 0.3 is 5.97 Å². The van der Waals surface area contributed by atoms with E-state index in [0.29, 0.717) is 30.3 Å². The zero-order chi connectivity index (χ0) is 18.0. The summed E-state index contributed by atoms with van der Waals surface area (Å²) in [4.78, 5) is 12.6. The maximum absolute atomic E-state index is 12.6. The van der Waals surface area contributed by atoms with Gasteiger partial charge in [-0.2, -0.15) is 0 Å². The Bertz CT molecular complexity index is 655. The van der Waals surface area contributed by atoms with Gasteiger partial charge in [0.1, 0.15) is 30.7 Å². The number of nitrogens with zero attached hydrogens (tertiary/aromatic N) is 1. The standard InChI is InChI=1S/C20H26NO4/c1-3-9-21(2)15-10-16(12-18(21)19(23)11-15)25-20(24)17(13-22)14-7-5-4-6-8-14/h1,4-8,15-19,22-23H,9-13H2,2H3/q+1. The maximum Gasteiger partial charge on any atom is 0.316 e. The Morgan fingerprint density at radius 1 is 1.36 bits per heavy atom. The van der Waals surface area contributed by atoms with Crippen molar-refractivity contribution < 1.29 is 24.2 Å². The quantitative estimate of drug-likeness (QED) is 0.476. The van der Waals surface area contributed by atoms with E-state index in [2.05, 4.69) is 13.0 Å². The number of likely N-dealkylation sites (N-methyl/N-ethyl adjacent to an activating group) is 1. The van der Waals surface area contributed by atoms with Crippen LogP contribution in [-0.2, 0) is 9.53 Å². The van der Waals surface area contributed by atoms with Gasteiger partial charge in [-0.1, -0.05) is 30.3 Å². The van der Waals surface area contributed by atoms with Gasteiger partial charge in [-0.05, 0) is 11.5 Å². The highest BCUT2D eigenvalue weighted by atomic mass is 16.5. The third-order valence-electron chi connectivity index (χ3n) is 5.97. The van der Waals surface area contributed by atoms with Crippen LogP contribution in [-0.4, -0.2) is 65.2 Å². The van der Waals surface area contributed by atoms with Crippen molar-refractivity contribution in [3.05, 3.63) is 35.9 Å². The third kappa shape index (κ3) is 3.30. The van der Waals surface area contributed by atoms with Crippen molar-refractivity contribution in [2.24, 2.45) is 0 Å². The smallest absolute Gasteiger partial charge is 0.316 e. The molecule has 0 radical (unpaired) electrons. The lowest BCUT2D eigenvalue weighted by Crippen LogP contribution is -2.60. The molecule has 25 heavy (non-hydrogen) atoms. The average molecular weight is 344 g/mol. The zero-order valence-electron chi connectivity index (χ0n) is 14.5. The average Bonchev–Trinajstić information content (AvgIpc) is 2.72. The molecule has 0 saturated carbocycles. The first-order valence-corrected chi connectivity index (χ1v) is 8.82. The van der Waals surface area contributed by atoms with Crippen LogP contribution in [0.3, 0.4) is 0 Å². The lowest BCUT2D eigenvalue weighted by atomic mass is 9.95. The number of ether oxygens (including phenoxy) is 1. The fourth-order valence-corrected chi connectivity index (χ4v) is 4.53. The molecule has 1 aromatic rings.